The molecular weight excluding hydrogens is 550 g/mol. The molecule has 0 aliphatic carbocycles. The van der Waals surface area contributed by atoms with Crippen molar-refractivity contribution in [2.75, 3.05) is 0 Å². The van der Waals surface area contributed by atoms with Crippen LogP contribution in [0, 0.1) is 0 Å². The Balaban J connectivity index is 1.36. The molecule has 45 heavy (non-hydrogen) atoms. The summed E-state index contributed by atoms with van der Waals surface area (Å²) in [6.45, 7) is 0. The maximum atomic E-state index is 4.91. The summed E-state index contributed by atoms with van der Waals surface area (Å²) in [7, 11) is 0. The Morgan fingerprint density at radius 1 is 0.311 bits per heavy atom. The molecule has 4 aromatic heterocycles. The van der Waals surface area contributed by atoms with Crippen molar-refractivity contribution in [2.24, 2.45) is 0 Å². The molecule has 0 amide bonds. The van der Waals surface area contributed by atoms with E-state index in [1.807, 2.05) is 0 Å². The monoisotopic (exact) mass is 575 g/mol. The minimum absolute atomic E-state index is 0.889. The van der Waals surface area contributed by atoms with Crippen molar-refractivity contribution >= 4 is 65.7 Å². The van der Waals surface area contributed by atoms with Crippen LogP contribution in [0.25, 0.3) is 82.7 Å². The molecule has 6 aromatic carbocycles. The quantitative estimate of drug-likeness (QED) is 0.210. The third-order valence-electron chi connectivity index (χ3n) is 9.11. The highest BCUT2D eigenvalue weighted by Gasteiger charge is 2.23. The van der Waals surface area contributed by atoms with E-state index in [0.717, 1.165) is 60.9 Å². The first-order valence-corrected chi connectivity index (χ1v) is 15.2. The van der Waals surface area contributed by atoms with Crippen molar-refractivity contribution in [1.29, 1.82) is 0 Å². The molecule has 210 valence electrons. The van der Waals surface area contributed by atoms with Gasteiger partial charge in [-0.15, -0.1) is 10.2 Å². The normalized spacial score (nSPS) is 12.0. The summed E-state index contributed by atoms with van der Waals surface area (Å²) < 4.78 is 7.09. The lowest BCUT2D eigenvalue weighted by molar-refractivity contribution is 1.09. The van der Waals surface area contributed by atoms with Crippen molar-refractivity contribution in [3.05, 3.63) is 152 Å². The third kappa shape index (κ3) is 3.32. The van der Waals surface area contributed by atoms with E-state index < -0.39 is 0 Å². The lowest BCUT2D eigenvalue weighted by Crippen LogP contribution is -2.01. The van der Waals surface area contributed by atoms with Crippen LogP contribution in [0.5, 0.6) is 0 Å². The third-order valence-corrected chi connectivity index (χ3v) is 9.11. The molecule has 0 radical (unpaired) electrons. The molecule has 4 heterocycles. The highest BCUT2D eigenvalue weighted by molar-refractivity contribution is 6.20. The first kappa shape index (κ1) is 24.3. The second-order valence-corrected chi connectivity index (χ2v) is 11.5. The Labute approximate surface area is 257 Å². The fraction of sp³-hybridized carbons (Fsp3) is 0. The second-order valence-electron chi connectivity index (χ2n) is 11.5. The molecule has 0 spiro atoms. The van der Waals surface area contributed by atoms with Crippen molar-refractivity contribution < 1.29 is 0 Å². The van der Waals surface area contributed by atoms with E-state index in [9.17, 15) is 0 Å². The number of hydrogen-bond acceptors (Lipinski definition) is 2. The zero-order valence-corrected chi connectivity index (χ0v) is 24.2. The highest BCUT2D eigenvalue weighted by Crippen LogP contribution is 2.40. The lowest BCUT2D eigenvalue weighted by Gasteiger charge is -2.14. The fourth-order valence-corrected chi connectivity index (χ4v) is 7.27. The van der Waals surface area contributed by atoms with Gasteiger partial charge in [0.15, 0.2) is 0 Å². The number of hydrogen-bond donors (Lipinski definition) is 0. The summed E-state index contributed by atoms with van der Waals surface area (Å²) in [5.41, 5.74) is 11.7. The maximum absolute atomic E-state index is 4.91. The van der Waals surface area contributed by atoms with Gasteiger partial charge in [0, 0.05) is 38.6 Å². The maximum Gasteiger partial charge on any atom is 0.121 e. The van der Waals surface area contributed by atoms with E-state index >= 15 is 0 Å². The molecule has 0 atom stereocenters. The van der Waals surface area contributed by atoms with Crippen molar-refractivity contribution in [3.63, 3.8) is 0 Å². The molecule has 0 aliphatic heterocycles. The summed E-state index contributed by atoms with van der Waals surface area (Å²) >= 11 is 0. The standard InChI is InChI=1S/C40H25N5/c1-2-13-26(14-3-1)44-35-23-10-6-19-31(35)37-39(44)40-38(42-41-37)32-20-7-11-24-36(32)45(40)28-16-12-15-27(25-28)43-33-21-8-4-17-29(33)30-18-5-9-22-34(30)43/h1-25H. The molecule has 5 heteroatoms. The number of nitrogens with zero attached hydrogens (tertiary/aromatic N) is 5. The van der Waals surface area contributed by atoms with E-state index in [2.05, 4.69) is 165 Å². The van der Waals surface area contributed by atoms with Crippen LogP contribution in [-0.2, 0) is 0 Å². The molecule has 10 aromatic rings. The van der Waals surface area contributed by atoms with Gasteiger partial charge in [-0.05, 0) is 54.6 Å². The van der Waals surface area contributed by atoms with E-state index in [4.69, 9.17) is 10.2 Å². The molecule has 5 nitrogen and oxygen atoms in total. The van der Waals surface area contributed by atoms with Crippen molar-refractivity contribution in [2.45, 2.75) is 0 Å². The number of aromatic nitrogens is 5. The Morgan fingerprint density at radius 3 is 1.22 bits per heavy atom. The number of para-hydroxylation sites is 5. The van der Waals surface area contributed by atoms with Gasteiger partial charge in [-0.3, -0.25) is 0 Å². The zero-order chi connectivity index (χ0) is 29.5. The van der Waals surface area contributed by atoms with Crippen LogP contribution in [0.15, 0.2) is 152 Å². The molecule has 0 saturated heterocycles. The second kappa shape index (κ2) is 9.15. The van der Waals surface area contributed by atoms with Gasteiger partial charge in [0.05, 0.1) is 22.1 Å². The van der Waals surface area contributed by atoms with E-state index in [0.29, 0.717) is 0 Å². The first-order chi connectivity index (χ1) is 22.4. The Bertz CT molecular complexity index is 2710. The topological polar surface area (TPSA) is 40.6 Å². The molecule has 0 unspecified atom stereocenters. The van der Waals surface area contributed by atoms with Gasteiger partial charge in [0.2, 0.25) is 0 Å². The van der Waals surface area contributed by atoms with Gasteiger partial charge in [-0.1, -0.05) is 97.1 Å². The van der Waals surface area contributed by atoms with Crippen LogP contribution < -0.4 is 0 Å². The van der Waals surface area contributed by atoms with Gasteiger partial charge in [-0.25, -0.2) is 0 Å². The fourth-order valence-electron chi connectivity index (χ4n) is 7.27. The Kier molecular flexibility index (Phi) is 4.93. The smallest absolute Gasteiger partial charge is 0.121 e. The van der Waals surface area contributed by atoms with E-state index in [1.54, 1.807) is 0 Å². The van der Waals surface area contributed by atoms with Crippen LogP contribution >= 0.6 is 0 Å². The van der Waals surface area contributed by atoms with Crippen molar-refractivity contribution in [1.82, 2.24) is 23.9 Å². The average Bonchev–Trinajstić information content (AvgIpc) is 3.75. The summed E-state index contributed by atoms with van der Waals surface area (Å²) in [5.74, 6) is 0. The van der Waals surface area contributed by atoms with Crippen LogP contribution in [0.3, 0.4) is 0 Å². The number of benzene rings is 6. The molecule has 0 N–H and O–H groups in total. The predicted molar refractivity (Wildman–Crippen MR) is 185 cm³/mol. The number of fused-ring (bicyclic) bond motifs is 10. The minimum Gasteiger partial charge on any atom is -0.309 e. The molecule has 10 rings (SSSR count). The summed E-state index contributed by atoms with van der Waals surface area (Å²) in [4.78, 5) is 0. The van der Waals surface area contributed by atoms with Gasteiger partial charge in [0.25, 0.3) is 0 Å². The SMILES string of the molecule is c1ccc(-n2c3ccccc3c3nnc4c5ccccc5n(-c5cccc(-n6c7ccccc7c7ccccc76)c5)c4c32)cc1. The molecule has 0 bridgehead atoms. The Hall–Kier alpha value is -6.20. The van der Waals surface area contributed by atoms with Crippen LogP contribution in [-0.4, -0.2) is 23.9 Å². The minimum atomic E-state index is 0.889. The van der Waals surface area contributed by atoms with Crippen LogP contribution in [0.4, 0.5) is 0 Å². The van der Waals surface area contributed by atoms with E-state index in [1.165, 1.54) is 21.8 Å². The first-order valence-electron chi connectivity index (χ1n) is 15.2. The van der Waals surface area contributed by atoms with Gasteiger partial charge in [0.1, 0.15) is 22.1 Å². The predicted octanol–water partition coefficient (Wildman–Crippen LogP) is 9.77. The van der Waals surface area contributed by atoms with Crippen LogP contribution in [0.2, 0.25) is 0 Å². The summed E-state index contributed by atoms with van der Waals surface area (Å²) in [6, 6.07) is 53.7. The molecular formula is C40H25N5. The van der Waals surface area contributed by atoms with Gasteiger partial charge >= 0.3 is 0 Å². The van der Waals surface area contributed by atoms with Crippen molar-refractivity contribution in [3.8, 4) is 17.1 Å². The molecule has 0 saturated carbocycles. The number of rotatable bonds is 3. The van der Waals surface area contributed by atoms with Gasteiger partial charge < -0.3 is 13.7 Å². The lowest BCUT2D eigenvalue weighted by atomic mass is 10.2. The summed E-state index contributed by atoms with van der Waals surface area (Å²) in [5, 5.41) is 14.4. The molecule has 0 fully saturated rings. The molecule has 0 aliphatic rings. The average molecular weight is 576 g/mol. The largest absolute Gasteiger partial charge is 0.309 e. The van der Waals surface area contributed by atoms with E-state index in [-0.39, 0.29) is 0 Å². The summed E-state index contributed by atoms with van der Waals surface area (Å²) in [6.07, 6.45) is 0. The highest BCUT2D eigenvalue weighted by atomic mass is 15.2. The Morgan fingerprint density at radius 2 is 0.689 bits per heavy atom. The van der Waals surface area contributed by atoms with Gasteiger partial charge in [-0.2, -0.15) is 0 Å². The van der Waals surface area contributed by atoms with Crippen LogP contribution in [0.1, 0.15) is 0 Å². The zero-order valence-electron chi connectivity index (χ0n) is 24.2.